The molecule has 0 aliphatic heterocycles. The van der Waals surface area contributed by atoms with Gasteiger partial charge in [0.25, 0.3) is 0 Å². The highest BCUT2D eigenvalue weighted by molar-refractivity contribution is 5.98. The molecule has 18 heavy (non-hydrogen) atoms. The van der Waals surface area contributed by atoms with Crippen LogP contribution in [0.2, 0.25) is 0 Å². The average molecular weight is 255 g/mol. The van der Waals surface area contributed by atoms with E-state index >= 15 is 0 Å². The summed E-state index contributed by atoms with van der Waals surface area (Å²) in [4.78, 5) is 11.0. The molecular formula is C12H8F3NO2. The molecule has 0 aliphatic rings. The van der Waals surface area contributed by atoms with E-state index in [1.165, 1.54) is 12.3 Å². The van der Waals surface area contributed by atoms with Crippen LogP contribution in [-0.2, 0) is 0 Å². The highest BCUT2D eigenvalue weighted by Crippen LogP contribution is 2.27. The topological polar surface area (TPSA) is 35.1 Å². The molecule has 0 N–H and O–H groups in total. The van der Waals surface area contributed by atoms with Crippen LogP contribution in [-0.4, -0.2) is 16.5 Å². The maximum atomic E-state index is 12.2. The molecule has 2 rings (SSSR count). The largest absolute Gasteiger partial charge is 0.458 e. The molecule has 94 valence electrons. The lowest BCUT2D eigenvalue weighted by molar-refractivity contribution is -0.0899. The number of rotatable bonds is 3. The highest BCUT2D eigenvalue weighted by atomic mass is 19.4. The van der Waals surface area contributed by atoms with Gasteiger partial charge in [-0.3, -0.25) is 4.79 Å². The van der Waals surface area contributed by atoms with Crippen LogP contribution in [0.4, 0.5) is 13.2 Å². The highest BCUT2D eigenvalue weighted by Gasteiger charge is 2.41. The number of nitrogens with zero attached hydrogens (tertiary/aromatic N) is 1. The minimum absolute atomic E-state index is 0.174. The standard InChI is InChI=1S/C12H8F3NO2/c1-2-16-7-3-4-8(16)9-5-6-10(18-9)11(17)12(13,14)15/h2-7H,1H2. The Hall–Kier alpha value is -2.24. The van der Waals surface area contributed by atoms with Crippen LogP contribution in [0, 0.1) is 0 Å². The van der Waals surface area contributed by atoms with Crippen LogP contribution in [0.15, 0.2) is 41.5 Å². The molecule has 0 spiro atoms. The van der Waals surface area contributed by atoms with Crippen LogP contribution in [0.3, 0.4) is 0 Å². The van der Waals surface area contributed by atoms with E-state index in [4.69, 9.17) is 4.42 Å². The maximum absolute atomic E-state index is 12.2. The van der Waals surface area contributed by atoms with Gasteiger partial charge >= 0.3 is 12.0 Å². The molecule has 0 fully saturated rings. The fraction of sp³-hybridized carbons (Fsp3) is 0.0833. The first kappa shape index (κ1) is 12.2. The van der Waals surface area contributed by atoms with Crippen molar-refractivity contribution in [1.29, 1.82) is 0 Å². The molecule has 0 unspecified atom stereocenters. The van der Waals surface area contributed by atoms with E-state index in [0.717, 1.165) is 6.07 Å². The zero-order valence-corrected chi connectivity index (χ0v) is 9.07. The predicted octanol–water partition coefficient (Wildman–Crippen LogP) is 3.59. The second-order valence-corrected chi connectivity index (χ2v) is 3.47. The monoisotopic (exact) mass is 255 g/mol. The normalized spacial score (nSPS) is 11.5. The van der Waals surface area contributed by atoms with Crippen molar-refractivity contribution in [3.63, 3.8) is 0 Å². The summed E-state index contributed by atoms with van der Waals surface area (Å²) in [5.74, 6) is -2.55. The molecule has 2 aromatic rings. The van der Waals surface area contributed by atoms with Gasteiger partial charge in [-0.1, -0.05) is 6.58 Å². The number of carbonyl (C=O) groups excluding carboxylic acids is 1. The Bertz CT molecular complexity index is 592. The van der Waals surface area contributed by atoms with Gasteiger partial charge in [-0.05, 0) is 24.3 Å². The number of aromatic nitrogens is 1. The van der Waals surface area contributed by atoms with Crippen molar-refractivity contribution < 1.29 is 22.4 Å². The quantitative estimate of drug-likeness (QED) is 0.785. The molecule has 0 amide bonds. The Labute approximate surface area is 100 Å². The first-order valence-corrected chi connectivity index (χ1v) is 4.94. The fourth-order valence-electron chi connectivity index (χ4n) is 1.50. The molecule has 0 saturated heterocycles. The lowest BCUT2D eigenvalue weighted by Gasteiger charge is -2.02. The summed E-state index contributed by atoms with van der Waals surface area (Å²) in [5, 5.41) is 0. The van der Waals surface area contributed by atoms with Gasteiger partial charge in [0.05, 0.1) is 5.69 Å². The van der Waals surface area contributed by atoms with Crippen LogP contribution in [0.1, 0.15) is 10.6 Å². The molecule has 0 aliphatic carbocycles. The Morgan fingerprint density at radius 1 is 1.33 bits per heavy atom. The van der Waals surface area contributed by atoms with E-state index in [1.54, 1.807) is 22.9 Å². The van der Waals surface area contributed by atoms with E-state index in [1.807, 2.05) is 0 Å². The zero-order chi connectivity index (χ0) is 13.3. The van der Waals surface area contributed by atoms with E-state index in [9.17, 15) is 18.0 Å². The lowest BCUT2D eigenvalue weighted by Crippen LogP contribution is -2.21. The van der Waals surface area contributed by atoms with Crippen molar-refractivity contribution in [2.45, 2.75) is 6.18 Å². The van der Waals surface area contributed by atoms with E-state index < -0.39 is 17.7 Å². The summed E-state index contributed by atoms with van der Waals surface area (Å²) in [6, 6.07) is 5.65. The summed E-state index contributed by atoms with van der Waals surface area (Å²) in [6.07, 6.45) is -1.80. The number of halogens is 3. The van der Waals surface area contributed by atoms with Gasteiger partial charge in [-0.15, -0.1) is 0 Å². The van der Waals surface area contributed by atoms with Gasteiger partial charge < -0.3 is 8.98 Å². The zero-order valence-electron chi connectivity index (χ0n) is 9.07. The molecule has 0 atom stereocenters. The van der Waals surface area contributed by atoms with Crippen molar-refractivity contribution in [3.8, 4) is 11.5 Å². The minimum Gasteiger partial charge on any atom is -0.451 e. The van der Waals surface area contributed by atoms with Gasteiger partial charge in [-0.2, -0.15) is 13.2 Å². The van der Waals surface area contributed by atoms with Gasteiger partial charge in [0, 0.05) is 12.4 Å². The Balaban J connectivity index is 2.37. The number of furan rings is 1. The minimum atomic E-state index is -4.93. The smallest absolute Gasteiger partial charge is 0.451 e. The van der Waals surface area contributed by atoms with Crippen LogP contribution < -0.4 is 0 Å². The Morgan fingerprint density at radius 2 is 2.06 bits per heavy atom. The summed E-state index contributed by atoms with van der Waals surface area (Å²) in [6.45, 7) is 3.54. The number of hydrogen-bond acceptors (Lipinski definition) is 2. The van der Waals surface area contributed by atoms with Crippen molar-refractivity contribution in [2.75, 3.05) is 0 Å². The van der Waals surface area contributed by atoms with Gasteiger partial charge in [-0.25, -0.2) is 0 Å². The second-order valence-electron chi connectivity index (χ2n) is 3.47. The third-order valence-corrected chi connectivity index (χ3v) is 2.32. The molecule has 0 bridgehead atoms. The van der Waals surface area contributed by atoms with Gasteiger partial charge in [0.15, 0.2) is 11.5 Å². The molecular weight excluding hydrogens is 247 g/mol. The third-order valence-electron chi connectivity index (χ3n) is 2.32. The molecule has 2 heterocycles. The molecule has 0 radical (unpaired) electrons. The number of hydrogen-bond donors (Lipinski definition) is 0. The van der Waals surface area contributed by atoms with Crippen LogP contribution >= 0.6 is 0 Å². The molecule has 2 aromatic heterocycles. The van der Waals surface area contributed by atoms with E-state index in [0.29, 0.717) is 5.69 Å². The lowest BCUT2D eigenvalue weighted by atomic mass is 10.3. The fourth-order valence-corrected chi connectivity index (χ4v) is 1.50. The molecule has 6 heteroatoms. The molecule has 0 saturated carbocycles. The third kappa shape index (κ3) is 2.09. The first-order chi connectivity index (χ1) is 8.43. The molecule has 3 nitrogen and oxygen atoms in total. The summed E-state index contributed by atoms with van der Waals surface area (Å²) in [5.41, 5.74) is 0.520. The second kappa shape index (κ2) is 4.21. The van der Waals surface area contributed by atoms with Gasteiger partial charge in [0.2, 0.25) is 0 Å². The first-order valence-electron chi connectivity index (χ1n) is 4.94. The summed E-state index contributed by atoms with van der Waals surface area (Å²) >= 11 is 0. The Morgan fingerprint density at radius 3 is 2.67 bits per heavy atom. The SMILES string of the molecule is C=Cn1cccc1-c1ccc(C(=O)C(F)(F)F)o1. The van der Waals surface area contributed by atoms with E-state index in [-0.39, 0.29) is 5.76 Å². The molecule has 0 aromatic carbocycles. The van der Waals surface area contributed by atoms with Crippen LogP contribution in [0.5, 0.6) is 0 Å². The van der Waals surface area contributed by atoms with Crippen molar-refractivity contribution in [2.24, 2.45) is 0 Å². The maximum Gasteiger partial charge on any atom is 0.458 e. The number of Topliss-reactive ketones (excluding diaryl/α,β-unsaturated/α-hetero) is 1. The number of carbonyl (C=O) groups is 1. The van der Waals surface area contributed by atoms with Crippen molar-refractivity contribution in [1.82, 2.24) is 4.57 Å². The summed E-state index contributed by atoms with van der Waals surface area (Å²) in [7, 11) is 0. The predicted molar refractivity (Wildman–Crippen MR) is 58.9 cm³/mol. The summed E-state index contributed by atoms with van der Waals surface area (Å²) < 4.78 is 43.1. The van der Waals surface area contributed by atoms with Gasteiger partial charge in [0.1, 0.15) is 0 Å². The average Bonchev–Trinajstić information content (AvgIpc) is 2.94. The van der Waals surface area contributed by atoms with Crippen LogP contribution in [0.25, 0.3) is 17.7 Å². The number of ketones is 1. The Kier molecular flexibility index (Phi) is 2.86. The number of alkyl halides is 3. The van der Waals surface area contributed by atoms with Crippen molar-refractivity contribution in [3.05, 3.63) is 42.8 Å². The van der Waals surface area contributed by atoms with E-state index in [2.05, 4.69) is 6.58 Å². The van der Waals surface area contributed by atoms with Crippen molar-refractivity contribution >= 4 is 12.0 Å².